The van der Waals surface area contributed by atoms with Crippen LogP contribution in [0.4, 0.5) is 0 Å². The van der Waals surface area contributed by atoms with Gasteiger partial charge < -0.3 is 4.98 Å². The molecule has 138 valence electrons. The molecule has 5 nitrogen and oxygen atoms in total. The Morgan fingerprint density at radius 2 is 1.89 bits per heavy atom. The number of hydrogen-bond donors (Lipinski definition) is 1. The van der Waals surface area contributed by atoms with Crippen LogP contribution in [0, 0.1) is 11.8 Å². The lowest BCUT2D eigenvalue weighted by molar-refractivity contribution is 0.477. The summed E-state index contributed by atoms with van der Waals surface area (Å²) < 4.78 is 27.0. The van der Waals surface area contributed by atoms with Crippen LogP contribution in [-0.4, -0.2) is 35.8 Å². The minimum absolute atomic E-state index is 0.349. The number of benzene rings is 1. The monoisotopic (exact) mass is 379 g/mol. The van der Waals surface area contributed by atoms with Gasteiger partial charge in [-0.15, -0.1) is 0 Å². The van der Waals surface area contributed by atoms with Gasteiger partial charge in [0.1, 0.15) is 5.65 Å². The molecule has 0 radical (unpaired) electrons. The Bertz CT molecular complexity index is 1130. The third-order valence-electron chi connectivity index (χ3n) is 4.80. The van der Waals surface area contributed by atoms with Crippen LogP contribution in [0.3, 0.4) is 0 Å². The lowest BCUT2D eigenvalue weighted by atomic mass is 10.0. The molecule has 3 aromatic rings. The van der Waals surface area contributed by atoms with E-state index in [2.05, 4.69) is 21.8 Å². The van der Waals surface area contributed by atoms with Crippen LogP contribution >= 0.6 is 0 Å². The van der Waals surface area contributed by atoms with E-state index in [1.54, 1.807) is 22.6 Å². The molecule has 0 bridgehead atoms. The maximum atomic E-state index is 12.7. The standard InChI is InChI=1S/C21H21N3O2S/c1-2-3-6-17-15-20-19(11-12-22-21(20)23-17)16-7-9-18(10-8-16)27(25,26)24-13-4-5-14-24/h7-12,15H,2,4-5,13-14H2,1H3,(H,22,23). The van der Waals surface area contributed by atoms with Crippen LogP contribution < -0.4 is 0 Å². The highest BCUT2D eigenvalue weighted by atomic mass is 32.2. The van der Waals surface area contributed by atoms with Crippen molar-refractivity contribution < 1.29 is 8.42 Å². The number of nitrogens with zero attached hydrogens (tertiary/aromatic N) is 2. The summed E-state index contributed by atoms with van der Waals surface area (Å²) in [6, 6.07) is 11.1. The van der Waals surface area contributed by atoms with Gasteiger partial charge in [0.25, 0.3) is 0 Å². The second kappa shape index (κ2) is 7.18. The van der Waals surface area contributed by atoms with Gasteiger partial charge in [0.15, 0.2) is 0 Å². The van der Waals surface area contributed by atoms with E-state index in [-0.39, 0.29) is 0 Å². The van der Waals surface area contributed by atoms with Crippen LogP contribution in [0.1, 0.15) is 31.9 Å². The fourth-order valence-electron chi connectivity index (χ4n) is 3.41. The fraction of sp³-hybridized carbons (Fsp3) is 0.286. The smallest absolute Gasteiger partial charge is 0.243 e. The zero-order chi connectivity index (χ0) is 18.9. The minimum atomic E-state index is -3.39. The van der Waals surface area contributed by atoms with Crippen LogP contribution in [-0.2, 0) is 10.0 Å². The third kappa shape index (κ3) is 3.36. The normalized spacial score (nSPS) is 15.0. The molecule has 0 amide bonds. The second-order valence-electron chi connectivity index (χ2n) is 6.59. The van der Waals surface area contributed by atoms with Gasteiger partial charge in [-0.3, -0.25) is 0 Å². The number of sulfonamides is 1. The van der Waals surface area contributed by atoms with E-state index in [0.29, 0.717) is 18.0 Å². The molecular weight excluding hydrogens is 358 g/mol. The molecule has 27 heavy (non-hydrogen) atoms. The number of rotatable bonds is 3. The van der Waals surface area contributed by atoms with E-state index in [1.807, 2.05) is 31.2 Å². The average molecular weight is 379 g/mol. The number of aromatic amines is 1. The van der Waals surface area contributed by atoms with E-state index < -0.39 is 10.0 Å². The quantitative estimate of drug-likeness (QED) is 0.705. The molecule has 6 heteroatoms. The largest absolute Gasteiger partial charge is 0.333 e. The van der Waals surface area contributed by atoms with Crippen LogP contribution in [0.15, 0.2) is 47.5 Å². The van der Waals surface area contributed by atoms with Crippen molar-refractivity contribution in [2.75, 3.05) is 13.1 Å². The Hall–Kier alpha value is -2.62. The molecule has 0 unspecified atom stereocenters. The summed E-state index contributed by atoms with van der Waals surface area (Å²) in [5, 5.41) is 0.980. The molecule has 1 fully saturated rings. The Balaban J connectivity index is 1.71. The first-order valence-electron chi connectivity index (χ1n) is 9.17. The SMILES string of the molecule is CCC#Cc1cc2c(-c3ccc(S(=O)(=O)N4CCCC4)cc3)ccnc2[nH]1. The van der Waals surface area contributed by atoms with Crippen molar-refractivity contribution in [3.8, 4) is 23.0 Å². The Morgan fingerprint density at radius 1 is 1.15 bits per heavy atom. The predicted molar refractivity (Wildman–Crippen MR) is 107 cm³/mol. The average Bonchev–Trinajstić information content (AvgIpc) is 3.36. The number of H-pyrrole nitrogens is 1. The number of hydrogen-bond acceptors (Lipinski definition) is 3. The molecule has 1 aliphatic heterocycles. The topological polar surface area (TPSA) is 66.1 Å². The summed E-state index contributed by atoms with van der Waals surface area (Å²) in [6.07, 6.45) is 4.41. The lowest BCUT2D eigenvalue weighted by Gasteiger charge is -2.15. The highest BCUT2D eigenvalue weighted by Crippen LogP contribution is 2.29. The Labute approximate surface area is 159 Å². The van der Waals surface area contributed by atoms with Gasteiger partial charge in [-0.1, -0.05) is 25.0 Å². The highest BCUT2D eigenvalue weighted by Gasteiger charge is 2.27. The Morgan fingerprint density at radius 3 is 2.59 bits per heavy atom. The molecule has 0 saturated carbocycles. The van der Waals surface area contributed by atoms with Gasteiger partial charge >= 0.3 is 0 Å². The molecular formula is C21H21N3O2S. The van der Waals surface area contributed by atoms with Gasteiger partial charge in [-0.05, 0) is 54.2 Å². The van der Waals surface area contributed by atoms with Crippen molar-refractivity contribution in [3.63, 3.8) is 0 Å². The highest BCUT2D eigenvalue weighted by molar-refractivity contribution is 7.89. The van der Waals surface area contributed by atoms with Gasteiger partial charge in [0, 0.05) is 31.1 Å². The number of pyridine rings is 1. The molecule has 3 heterocycles. The number of aromatic nitrogens is 2. The summed E-state index contributed by atoms with van der Waals surface area (Å²) in [7, 11) is -3.39. The van der Waals surface area contributed by atoms with Crippen LogP contribution in [0.25, 0.3) is 22.2 Å². The summed E-state index contributed by atoms with van der Waals surface area (Å²) in [4.78, 5) is 7.95. The maximum Gasteiger partial charge on any atom is 0.243 e. The van der Waals surface area contributed by atoms with Crippen LogP contribution in [0.2, 0.25) is 0 Å². The zero-order valence-electron chi connectivity index (χ0n) is 15.2. The first-order valence-corrected chi connectivity index (χ1v) is 10.6. The fourth-order valence-corrected chi connectivity index (χ4v) is 4.93. The van der Waals surface area contributed by atoms with Gasteiger partial charge in [-0.25, -0.2) is 13.4 Å². The molecule has 0 atom stereocenters. The zero-order valence-corrected chi connectivity index (χ0v) is 16.0. The number of nitrogens with one attached hydrogen (secondary N) is 1. The molecule has 0 spiro atoms. The lowest BCUT2D eigenvalue weighted by Crippen LogP contribution is -2.27. The summed E-state index contributed by atoms with van der Waals surface area (Å²) >= 11 is 0. The number of fused-ring (bicyclic) bond motifs is 1. The van der Waals surface area contributed by atoms with Crippen molar-refractivity contribution in [2.24, 2.45) is 0 Å². The molecule has 1 aliphatic rings. The maximum absolute atomic E-state index is 12.7. The molecule has 4 rings (SSSR count). The third-order valence-corrected chi connectivity index (χ3v) is 6.71. The predicted octanol–water partition coefficient (Wildman–Crippen LogP) is 3.78. The molecule has 1 aromatic carbocycles. The van der Waals surface area contributed by atoms with E-state index >= 15 is 0 Å². The minimum Gasteiger partial charge on any atom is -0.333 e. The van der Waals surface area contributed by atoms with E-state index in [4.69, 9.17) is 0 Å². The van der Waals surface area contributed by atoms with Crippen molar-refractivity contribution >= 4 is 21.1 Å². The second-order valence-corrected chi connectivity index (χ2v) is 8.53. The summed E-state index contributed by atoms with van der Waals surface area (Å²) in [6.45, 7) is 3.23. The van der Waals surface area contributed by atoms with Gasteiger partial charge in [0.2, 0.25) is 10.0 Å². The van der Waals surface area contributed by atoms with Crippen molar-refractivity contribution in [1.82, 2.24) is 14.3 Å². The molecule has 0 aliphatic carbocycles. The van der Waals surface area contributed by atoms with Gasteiger partial charge in [-0.2, -0.15) is 4.31 Å². The first kappa shape index (κ1) is 17.8. The van der Waals surface area contributed by atoms with Crippen molar-refractivity contribution in [3.05, 3.63) is 48.3 Å². The summed E-state index contributed by atoms with van der Waals surface area (Å²) in [5.74, 6) is 6.15. The van der Waals surface area contributed by atoms with Crippen molar-refractivity contribution in [1.29, 1.82) is 0 Å². The van der Waals surface area contributed by atoms with Gasteiger partial charge in [0.05, 0.1) is 10.6 Å². The van der Waals surface area contributed by atoms with E-state index in [0.717, 1.165) is 47.1 Å². The first-order chi connectivity index (χ1) is 13.1. The van der Waals surface area contributed by atoms with E-state index in [9.17, 15) is 8.42 Å². The van der Waals surface area contributed by atoms with Crippen LogP contribution in [0.5, 0.6) is 0 Å². The molecule has 1 saturated heterocycles. The van der Waals surface area contributed by atoms with E-state index in [1.165, 1.54) is 0 Å². The van der Waals surface area contributed by atoms with Crippen molar-refractivity contribution in [2.45, 2.75) is 31.1 Å². The Kier molecular flexibility index (Phi) is 4.73. The summed E-state index contributed by atoms with van der Waals surface area (Å²) in [5.41, 5.74) is 3.57. The molecule has 2 aromatic heterocycles. The molecule has 1 N–H and O–H groups in total.